The van der Waals surface area contributed by atoms with Gasteiger partial charge in [0, 0.05) is 35.8 Å². The number of carbonyl (C=O) groups excluding carboxylic acids is 3. The van der Waals surface area contributed by atoms with Gasteiger partial charge in [0.15, 0.2) is 11.6 Å². The van der Waals surface area contributed by atoms with Gasteiger partial charge in [0.25, 0.3) is 0 Å². The molecule has 0 aromatic heterocycles. The topological polar surface area (TPSA) is 66.5 Å². The summed E-state index contributed by atoms with van der Waals surface area (Å²) in [6, 6.07) is 16.0. The molecule has 2 amide bonds. The molecule has 0 bridgehead atoms. The lowest BCUT2D eigenvalue weighted by Crippen LogP contribution is -2.42. The Labute approximate surface area is 153 Å². The fourth-order valence-electron chi connectivity index (χ4n) is 3.17. The summed E-state index contributed by atoms with van der Waals surface area (Å²) in [6.45, 7) is 2.62. The van der Waals surface area contributed by atoms with Crippen LogP contribution in [0.3, 0.4) is 0 Å². The van der Waals surface area contributed by atoms with Crippen LogP contribution in [0.4, 0.5) is 10.5 Å². The van der Waals surface area contributed by atoms with E-state index in [0.717, 1.165) is 5.56 Å². The maximum absolute atomic E-state index is 12.5. The van der Waals surface area contributed by atoms with Crippen molar-refractivity contribution in [2.75, 3.05) is 18.4 Å². The smallest absolute Gasteiger partial charge is 0.321 e. The van der Waals surface area contributed by atoms with Gasteiger partial charge in [-0.25, -0.2) is 4.79 Å². The van der Waals surface area contributed by atoms with Crippen LogP contribution in [0.25, 0.3) is 0 Å². The summed E-state index contributed by atoms with van der Waals surface area (Å²) in [5.41, 5.74) is 2.01. The van der Waals surface area contributed by atoms with Crippen LogP contribution in [0.1, 0.15) is 40.5 Å². The summed E-state index contributed by atoms with van der Waals surface area (Å²) < 4.78 is 0. The second-order valence-electron chi connectivity index (χ2n) is 6.56. The fourth-order valence-corrected chi connectivity index (χ4v) is 3.17. The summed E-state index contributed by atoms with van der Waals surface area (Å²) in [6.07, 6.45) is 1.34. The van der Waals surface area contributed by atoms with Gasteiger partial charge in [0.05, 0.1) is 0 Å². The zero-order chi connectivity index (χ0) is 18.5. The summed E-state index contributed by atoms with van der Waals surface area (Å²) >= 11 is 0. The minimum Gasteiger partial charge on any atom is -0.324 e. The van der Waals surface area contributed by atoms with Crippen molar-refractivity contribution in [3.8, 4) is 0 Å². The number of likely N-dealkylation sites (tertiary alicyclic amines) is 1. The van der Waals surface area contributed by atoms with Crippen LogP contribution in [0.2, 0.25) is 0 Å². The Morgan fingerprint density at radius 2 is 1.50 bits per heavy atom. The normalized spacial score (nSPS) is 14.7. The number of urea groups is 1. The molecule has 5 nitrogen and oxygen atoms in total. The Hall–Kier alpha value is -2.95. The predicted molar refractivity (Wildman–Crippen MR) is 101 cm³/mol. The highest BCUT2D eigenvalue weighted by molar-refractivity contribution is 5.98. The highest BCUT2D eigenvalue weighted by atomic mass is 16.2. The second-order valence-corrected chi connectivity index (χ2v) is 6.56. The first-order valence-electron chi connectivity index (χ1n) is 8.81. The van der Waals surface area contributed by atoms with Gasteiger partial charge in [-0.1, -0.05) is 30.3 Å². The maximum atomic E-state index is 12.5. The Kier molecular flexibility index (Phi) is 5.46. The van der Waals surface area contributed by atoms with E-state index >= 15 is 0 Å². The van der Waals surface area contributed by atoms with Gasteiger partial charge in [0.1, 0.15) is 0 Å². The van der Waals surface area contributed by atoms with Crippen molar-refractivity contribution in [2.24, 2.45) is 5.92 Å². The number of anilines is 1. The minimum absolute atomic E-state index is 0.00645. The molecule has 0 radical (unpaired) electrons. The zero-order valence-electron chi connectivity index (χ0n) is 14.8. The molecule has 26 heavy (non-hydrogen) atoms. The van der Waals surface area contributed by atoms with E-state index in [1.165, 1.54) is 6.92 Å². The first kappa shape index (κ1) is 17.9. The Morgan fingerprint density at radius 1 is 0.885 bits per heavy atom. The number of rotatable bonds is 4. The van der Waals surface area contributed by atoms with Crippen LogP contribution >= 0.6 is 0 Å². The lowest BCUT2D eigenvalue weighted by Gasteiger charge is -2.31. The van der Waals surface area contributed by atoms with Crippen molar-refractivity contribution < 1.29 is 14.4 Å². The predicted octanol–water partition coefficient (Wildman–Crippen LogP) is 4.02. The molecule has 5 heteroatoms. The van der Waals surface area contributed by atoms with Gasteiger partial charge in [-0.2, -0.15) is 0 Å². The summed E-state index contributed by atoms with van der Waals surface area (Å²) in [7, 11) is 0. The number of benzene rings is 2. The van der Waals surface area contributed by atoms with Crippen molar-refractivity contribution in [3.05, 3.63) is 65.7 Å². The van der Waals surface area contributed by atoms with Crippen LogP contribution < -0.4 is 5.32 Å². The van der Waals surface area contributed by atoms with Crippen molar-refractivity contribution >= 4 is 23.3 Å². The van der Waals surface area contributed by atoms with Gasteiger partial charge in [-0.05, 0) is 44.0 Å². The summed E-state index contributed by atoms with van der Waals surface area (Å²) in [4.78, 5) is 37.9. The number of nitrogens with zero attached hydrogens (tertiary/aromatic N) is 1. The molecule has 1 aliphatic heterocycles. The molecule has 2 aromatic rings. The number of hydrogen-bond acceptors (Lipinski definition) is 3. The molecule has 134 valence electrons. The number of nitrogens with one attached hydrogen (secondary N) is 1. The van der Waals surface area contributed by atoms with Gasteiger partial charge < -0.3 is 10.2 Å². The number of ketones is 2. The SMILES string of the molecule is CC(=O)c1ccc(NC(=O)N2CCC(C(=O)c3ccccc3)CC2)cc1. The highest BCUT2D eigenvalue weighted by Crippen LogP contribution is 2.22. The molecule has 0 atom stereocenters. The van der Waals surface area contributed by atoms with Crippen LogP contribution in [0.15, 0.2) is 54.6 Å². The molecule has 1 aliphatic rings. The molecule has 3 rings (SSSR count). The third-order valence-corrected chi connectivity index (χ3v) is 4.75. The molecular weight excluding hydrogens is 328 g/mol. The third-order valence-electron chi connectivity index (χ3n) is 4.75. The van der Waals surface area contributed by atoms with Crippen LogP contribution in [-0.4, -0.2) is 35.6 Å². The highest BCUT2D eigenvalue weighted by Gasteiger charge is 2.27. The van der Waals surface area contributed by atoms with E-state index in [9.17, 15) is 14.4 Å². The average Bonchev–Trinajstić information content (AvgIpc) is 2.68. The fraction of sp³-hybridized carbons (Fsp3) is 0.286. The van der Waals surface area contributed by atoms with E-state index in [0.29, 0.717) is 37.2 Å². The van der Waals surface area contributed by atoms with Crippen molar-refractivity contribution in [2.45, 2.75) is 19.8 Å². The molecule has 2 aromatic carbocycles. The lowest BCUT2D eigenvalue weighted by atomic mass is 9.89. The Morgan fingerprint density at radius 3 is 2.08 bits per heavy atom. The number of piperidine rings is 1. The van der Waals surface area contributed by atoms with E-state index in [1.54, 1.807) is 29.2 Å². The molecule has 1 saturated heterocycles. The second kappa shape index (κ2) is 7.95. The summed E-state index contributed by atoms with van der Waals surface area (Å²) in [5.74, 6) is 0.120. The van der Waals surface area contributed by atoms with E-state index in [1.807, 2.05) is 30.3 Å². The van der Waals surface area contributed by atoms with E-state index in [4.69, 9.17) is 0 Å². The first-order valence-corrected chi connectivity index (χ1v) is 8.81. The van der Waals surface area contributed by atoms with E-state index in [-0.39, 0.29) is 23.5 Å². The number of Topliss-reactive ketones (excluding diaryl/α,β-unsaturated/α-hetero) is 2. The first-order chi connectivity index (χ1) is 12.5. The summed E-state index contributed by atoms with van der Waals surface area (Å²) in [5, 5.41) is 2.84. The Balaban J connectivity index is 1.53. The molecular formula is C21H22N2O3. The zero-order valence-corrected chi connectivity index (χ0v) is 14.8. The quantitative estimate of drug-likeness (QED) is 0.847. The van der Waals surface area contributed by atoms with Crippen LogP contribution in [0, 0.1) is 5.92 Å². The minimum atomic E-state index is -0.175. The molecule has 0 unspecified atom stereocenters. The largest absolute Gasteiger partial charge is 0.324 e. The van der Waals surface area contributed by atoms with Gasteiger partial charge >= 0.3 is 6.03 Å². The van der Waals surface area contributed by atoms with Crippen molar-refractivity contribution in [3.63, 3.8) is 0 Å². The molecule has 0 aliphatic carbocycles. The van der Waals surface area contributed by atoms with Crippen LogP contribution in [0.5, 0.6) is 0 Å². The molecule has 1 heterocycles. The standard InChI is InChI=1S/C21H22N2O3/c1-15(24)16-7-9-19(10-8-16)22-21(26)23-13-11-18(12-14-23)20(25)17-5-3-2-4-6-17/h2-10,18H,11-14H2,1H3,(H,22,26). The van der Waals surface area contributed by atoms with Gasteiger partial charge in [-0.3, -0.25) is 9.59 Å². The monoisotopic (exact) mass is 350 g/mol. The maximum Gasteiger partial charge on any atom is 0.321 e. The van der Waals surface area contributed by atoms with Gasteiger partial charge in [0.2, 0.25) is 0 Å². The number of hydrogen-bond donors (Lipinski definition) is 1. The molecule has 0 saturated carbocycles. The lowest BCUT2D eigenvalue weighted by molar-refractivity contribution is 0.0859. The number of amides is 2. The van der Waals surface area contributed by atoms with E-state index in [2.05, 4.69) is 5.32 Å². The van der Waals surface area contributed by atoms with Crippen molar-refractivity contribution in [1.29, 1.82) is 0 Å². The number of carbonyl (C=O) groups is 3. The Bertz CT molecular complexity index is 792. The molecule has 1 N–H and O–H groups in total. The molecule has 0 spiro atoms. The van der Waals surface area contributed by atoms with Crippen molar-refractivity contribution in [1.82, 2.24) is 4.90 Å². The van der Waals surface area contributed by atoms with E-state index < -0.39 is 0 Å². The third kappa shape index (κ3) is 4.17. The van der Waals surface area contributed by atoms with Gasteiger partial charge in [-0.15, -0.1) is 0 Å². The van der Waals surface area contributed by atoms with Crippen LogP contribution in [-0.2, 0) is 0 Å². The molecule has 1 fully saturated rings. The average molecular weight is 350 g/mol.